The summed E-state index contributed by atoms with van der Waals surface area (Å²) >= 11 is 0. The zero-order valence-electron chi connectivity index (χ0n) is 11.4. The highest BCUT2D eigenvalue weighted by Gasteiger charge is 2.26. The van der Waals surface area contributed by atoms with Crippen LogP contribution in [0.5, 0.6) is 0 Å². The predicted molar refractivity (Wildman–Crippen MR) is 76.8 cm³/mol. The molecule has 2 aromatic rings. The minimum absolute atomic E-state index is 0.162. The SMILES string of the molecule is CCn1cc(CC2CCc3ccccc3C2N)cn1. The molecule has 100 valence electrons. The molecule has 0 spiro atoms. The van der Waals surface area contributed by atoms with Crippen molar-refractivity contribution >= 4 is 0 Å². The first-order valence-corrected chi connectivity index (χ1v) is 7.12. The number of nitrogens with two attached hydrogens (primary N) is 1. The monoisotopic (exact) mass is 255 g/mol. The summed E-state index contributed by atoms with van der Waals surface area (Å²) in [6.07, 6.45) is 7.49. The summed E-state index contributed by atoms with van der Waals surface area (Å²) in [5.74, 6) is 0.532. The van der Waals surface area contributed by atoms with Gasteiger partial charge >= 0.3 is 0 Å². The summed E-state index contributed by atoms with van der Waals surface area (Å²) in [4.78, 5) is 0. The Hall–Kier alpha value is -1.61. The molecule has 3 nitrogen and oxygen atoms in total. The molecule has 0 saturated carbocycles. The van der Waals surface area contributed by atoms with Gasteiger partial charge in [-0.1, -0.05) is 24.3 Å². The number of hydrogen-bond acceptors (Lipinski definition) is 2. The molecule has 1 aromatic heterocycles. The van der Waals surface area contributed by atoms with Gasteiger partial charge in [-0.05, 0) is 48.8 Å². The smallest absolute Gasteiger partial charge is 0.0521 e. The summed E-state index contributed by atoms with van der Waals surface area (Å²) < 4.78 is 1.98. The first-order chi connectivity index (χ1) is 9.28. The standard InChI is InChI=1S/C16H21N3/c1-2-19-11-12(10-18-19)9-14-8-7-13-5-3-4-6-15(13)16(14)17/h3-6,10-11,14,16H,2,7-9,17H2,1H3. The maximum atomic E-state index is 6.45. The Labute approximate surface area is 114 Å². The highest BCUT2D eigenvalue weighted by atomic mass is 15.3. The van der Waals surface area contributed by atoms with E-state index in [9.17, 15) is 0 Å². The van der Waals surface area contributed by atoms with E-state index in [0.717, 1.165) is 19.4 Å². The highest BCUT2D eigenvalue weighted by Crippen LogP contribution is 2.34. The summed E-state index contributed by atoms with van der Waals surface area (Å²) in [5, 5.41) is 4.35. The summed E-state index contributed by atoms with van der Waals surface area (Å²) in [6, 6.07) is 8.75. The molecular weight excluding hydrogens is 234 g/mol. The van der Waals surface area contributed by atoms with Crippen LogP contribution in [0.3, 0.4) is 0 Å². The van der Waals surface area contributed by atoms with E-state index in [1.165, 1.54) is 23.1 Å². The van der Waals surface area contributed by atoms with E-state index in [1.807, 2.05) is 10.9 Å². The number of benzene rings is 1. The number of aromatic nitrogens is 2. The van der Waals surface area contributed by atoms with Crippen molar-refractivity contribution < 1.29 is 0 Å². The molecule has 0 radical (unpaired) electrons. The number of rotatable bonds is 3. The van der Waals surface area contributed by atoms with Gasteiger partial charge < -0.3 is 5.73 Å². The van der Waals surface area contributed by atoms with Gasteiger partial charge in [-0.15, -0.1) is 0 Å². The van der Waals surface area contributed by atoms with E-state index in [0.29, 0.717) is 5.92 Å². The Morgan fingerprint density at radius 3 is 3.00 bits per heavy atom. The molecular formula is C16H21N3. The predicted octanol–water partition coefficient (Wildman–Crippen LogP) is 2.71. The lowest BCUT2D eigenvalue weighted by molar-refractivity contribution is 0.376. The number of aryl methyl sites for hydroxylation is 2. The van der Waals surface area contributed by atoms with Crippen LogP contribution in [0.1, 0.15) is 36.1 Å². The van der Waals surface area contributed by atoms with Gasteiger partial charge in [0, 0.05) is 18.8 Å². The molecule has 0 fully saturated rings. The van der Waals surface area contributed by atoms with E-state index >= 15 is 0 Å². The van der Waals surface area contributed by atoms with Crippen LogP contribution in [-0.4, -0.2) is 9.78 Å². The van der Waals surface area contributed by atoms with Gasteiger partial charge in [0.05, 0.1) is 6.20 Å². The maximum absolute atomic E-state index is 6.45. The molecule has 19 heavy (non-hydrogen) atoms. The molecule has 0 bridgehead atoms. The molecule has 1 aliphatic carbocycles. The van der Waals surface area contributed by atoms with Gasteiger partial charge in [0.1, 0.15) is 0 Å². The summed E-state index contributed by atoms with van der Waals surface area (Å²) in [7, 11) is 0. The van der Waals surface area contributed by atoms with E-state index in [4.69, 9.17) is 5.73 Å². The fourth-order valence-electron chi connectivity index (χ4n) is 3.08. The quantitative estimate of drug-likeness (QED) is 0.916. The Bertz CT molecular complexity index is 559. The fourth-order valence-corrected chi connectivity index (χ4v) is 3.08. The first kappa shape index (κ1) is 12.4. The Morgan fingerprint density at radius 1 is 1.37 bits per heavy atom. The molecule has 1 aliphatic rings. The van der Waals surface area contributed by atoms with Gasteiger partial charge in [0.25, 0.3) is 0 Å². The van der Waals surface area contributed by atoms with E-state index in [1.54, 1.807) is 0 Å². The number of fused-ring (bicyclic) bond motifs is 1. The molecule has 0 aliphatic heterocycles. The summed E-state index contributed by atoms with van der Waals surface area (Å²) in [5.41, 5.74) is 10.5. The van der Waals surface area contributed by atoms with Crippen molar-refractivity contribution in [3.8, 4) is 0 Å². The summed E-state index contributed by atoms with van der Waals surface area (Å²) in [6.45, 7) is 3.04. The molecule has 3 heteroatoms. The molecule has 3 rings (SSSR count). The molecule has 1 aromatic carbocycles. The number of nitrogens with zero attached hydrogens (tertiary/aromatic N) is 2. The average molecular weight is 255 g/mol. The van der Waals surface area contributed by atoms with Crippen molar-refractivity contribution in [3.63, 3.8) is 0 Å². The largest absolute Gasteiger partial charge is 0.324 e. The highest BCUT2D eigenvalue weighted by molar-refractivity contribution is 5.33. The van der Waals surface area contributed by atoms with Gasteiger partial charge in [0.15, 0.2) is 0 Å². The zero-order valence-corrected chi connectivity index (χ0v) is 11.4. The van der Waals surface area contributed by atoms with Gasteiger partial charge in [-0.3, -0.25) is 4.68 Å². The normalized spacial score (nSPS) is 22.2. The molecule has 0 saturated heterocycles. The van der Waals surface area contributed by atoms with Gasteiger partial charge in [0.2, 0.25) is 0 Å². The van der Waals surface area contributed by atoms with Crippen LogP contribution >= 0.6 is 0 Å². The third-order valence-electron chi connectivity index (χ3n) is 4.22. The molecule has 1 heterocycles. The third kappa shape index (κ3) is 2.43. The van der Waals surface area contributed by atoms with Crippen molar-refractivity contribution in [1.29, 1.82) is 0 Å². The van der Waals surface area contributed by atoms with Crippen LogP contribution in [0.4, 0.5) is 0 Å². The second-order valence-corrected chi connectivity index (χ2v) is 5.43. The van der Waals surface area contributed by atoms with Crippen LogP contribution in [0.15, 0.2) is 36.7 Å². The molecule has 2 atom stereocenters. The van der Waals surface area contributed by atoms with Crippen molar-refractivity contribution in [2.45, 2.75) is 38.8 Å². The minimum atomic E-state index is 0.162. The zero-order chi connectivity index (χ0) is 13.2. The van der Waals surface area contributed by atoms with Crippen LogP contribution in [0, 0.1) is 5.92 Å². The second-order valence-electron chi connectivity index (χ2n) is 5.43. The fraction of sp³-hybridized carbons (Fsp3) is 0.438. The molecule has 2 unspecified atom stereocenters. The maximum Gasteiger partial charge on any atom is 0.0521 e. The average Bonchev–Trinajstić information content (AvgIpc) is 2.90. The lowest BCUT2D eigenvalue weighted by Crippen LogP contribution is -2.28. The molecule has 2 N–H and O–H groups in total. The Morgan fingerprint density at radius 2 is 2.21 bits per heavy atom. The van der Waals surface area contributed by atoms with Crippen molar-refractivity contribution in [3.05, 3.63) is 53.3 Å². The lowest BCUT2D eigenvalue weighted by Gasteiger charge is -2.30. The van der Waals surface area contributed by atoms with Crippen LogP contribution in [-0.2, 0) is 19.4 Å². The lowest BCUT2D eigenvalue weighted by atomic mass is 9.78. The van der Waals surface area contributed by atoms with Crippen LogP contribution in [0.25, 0.3) is 0 Å². The first-order valence-electron chi connectivity index (χ1n) is 7.12. The van der Waals surface area contributed by atoms with E-state index in [-0.39, 0.29) is 6.04 Å². The van der Waals surface area contributed by atoms with Crippen LogP contribution < -0.4 is 5.73 Å². The van der Waals surface area contributed by atoms with Crippen molar-refractivity contribution in [1.82, 2.24) is 9.78 Å². The van der Waals surface area contributed by atoms with Gasteiger partial charge in [-0.25, -0.2) is 0 Å². The Balaban J connectivity index is 1.76. The minimum Gasteiger partial charge on any atom is -0.324 e. The Kier molecular flexibility index (Phi) is 3.38. The second kappa shape index (κ2) is 5.17. The van der Waals surface area contributed by atoms with E-state index < -0.39 is 0 Å². The van der Waals surface area contributed by atoms with Crippen molar-refractivity contribution in [2.75, 3.05) is 0 Å². The number of hydrogen-bond donors (Lipinski definition) is 1. The van der Waals surface area contributed by atoms with Crippen molar-refractivity contribution in [2.24, 2.45) is 11.7 Å². The topological polar surface area (TPSA) is 43.8 Å². The van der Waals surface area contributed by atoms with E-state index in [2.05, 4.69) is 42.5 Å². The van der Waals surface area contributed by atoms with Gasteiger partial charge in [-0.2, -0.15) is 5.10 Å². The van der Waals surface area contributed by atoms with Crippen LogP contribution in [0.2, 0.25) is 0 Å². The third-order valence-corrected chi connectivity index (χ3v) is 4.22. The molecule has 0 amide bonds.